The van der Waals surface area contributed by atoms with Gasteiger partial charge in [0.05, 0.1) is 26.4 Å². The largest absolute Gasteiger partial charge is 0.472 e. The zero-order valence-corrected chi connectivity index (χ0v) is 76.1. The van der Waals surface area contributed by atoms with Crippen LogP contribution in [0.2, 0.25) is 0 Å². The van der Waals surface area contributed by atoms with E-state index in [1.54, 1.807) is 0 Å². The number of unbranched alkanes of at least 4 members (excludes halogenated alkanes) is 52. The summed E-state index contributed by atoms with van der Waals surface area (Å²) in [5.41, 5.74) is 0. The van der Waals surface area contributed by atoms with Crippen LogP contribution in [0.1, 0.15) is 492 Å². The fraction of sp³-hybridized carbons (Fsp3) is 0.957. The summed E-state index contributed by atoms with van der Waals surface area (Å²) in [4.78, 5) is 73.4. The summed E-state index contributed by atoms with van der Waals surface area (Å²) < 4.78 is 69.1. The van der Waals surface area contributed by atoms with Gasteiger partial charge < -0.3 is 33.8 Å². The maximum Gasteiger partial charge on any atom is 0.472 e. The van der Waals surface area contributed by atoms with E-state index in [1.807, 2.05) is 0 Å². The lowest BCUT2D eigenvalue weighted by atomic mass is 9.99. The number of rotatable bonds is 90. The maximum atomic E-state index is 13.2. The topological polar surface area (TPSA) is 237 Å². The highest BCUT2D eigenvalue weighted by Crippen LogP contribution is 2.45. The van der Waals surface area contributed by atoms with E-state index in [2.05, 4.69) is 55.4 Å². The van der Waals surface area contributed by atoms with Crippen molar-refractivity contribution in [3.63, 3.8) is 0 Å². The summed E-state index contributed by atoms with van der Waals surface area (Å²) in [5.74, 6) is 1.22. The molecule has 0 saturated carbocycles. The van der Waals surface area contributed by atoms with Gasteiger partial charge in [0.2, 0.25) is 0 Å². The van der Waals surface area contributed by atoms with Crippen molar-refractivity contribution in [2.75, 3.05) is 39.6 Å². The zero-order valence-electron chi connectivity index (χ0n) is 74.3. The summed E-state index contributed by atoms with van der Waals surface area (Å²) in [7, 11) is -9.94. The van der Waals surface area contributed by atoms with Crippen molar-refractivity contribution < 1.29 is 80.2 Å². The Balaban J connectivity index is 5.22. The van der Waals surface area contributed by atoms with E-state index in [0.29, 0.717) is 25.7 Å². The van der Waals surface area contributed by atoms with Gasteiger partial charge in [-0.1, -0.05) is 441 Å². The molecule has 3 N–H and O–H groups in total. The third kappa shape index (κ3) is 80.5. The molecule has 6 unspecified atom stereocenters. The third-order valence-corrected chi connectivity index (χ3v) is 25.2. The number of hydrogen-bond donors (Lipinski definition) is 3. The van der Waals surface area contributed by atoms with Crippen LogP contribution in [0.25, 0.3) is 0 Å². The van der Waals surface area contributed by atoms with Gasteiger partial charge in [0.1, 0.15) is 19.3 Å². The second-order valence-electron chi connectivity index (χ2n) is 34.4. The molecule has 19 heteroatoms. The Morgan fingerprint density at radius 1 is 0.241 bits per heavy atom. The molecule has 0 aliphatic heterocycles. The first-order chi connectivity index (χ1) is 54.2. The number of phosphoric ester groups is 2. The van der Waals surface area contributed by atoms with Crippen LogP contribution in [0.4, 0.5) is 0 Å². The van der Waals surface area contributed by atoms with Crippen LogP contribution in [0.15, 0.2) is 0 Å². The van der Waals surface area contributed by atoms with E-state index >= 15 is 0 Å². The van der Waals surface area contributed by atoms with Gasteiger partial charge in [0.25, 0.3) is 0 Å². The number of carbonyl (C=O) groups excluding carboxylic acids is 4. The molecule has 0 radical (unpaired) electrons. The lowest BCUT2D eigenvalue weighted by molar-refractivity contribution is -0.161. The summed E-state index contributed by atoms with van der Waals surface area (Å²) in [6.07, 6.45) is 73.6. The van der Waals surface area contributed by atoms with Gasteiger partial charge in [-0.3, -0.25) is 37.3 Å². The van der Waals surface area contributed by atoms with E-state index in [4.69, 9.17) is 37.0 Å². The molecule has 0 bridgehead atoms. The van der Waals surface area contributed by atoms with E-state index in [1.165, 1.54) is 289 Å². The van der Waals surface area contributed by atoms with Crippen molar-refractivity contribution in [2.45, 2.75) is 510 Å². The first kappa shape index (κ1) is 110. The van der Waals surface area contributed by atoms with Crippen LogP contribution < -0.4 is 0 Å². The standard InChI is InChI=1S/C93H182O17P2/c1-9-83(5)69-61-53-45-39-33-27-21-17-13-15-19-23-30-36-42-48-57-65-73-90(95)103-79-88(109-92(97)75-67-59-49-43-37-31-24-20-16-14-18-22-28-34-40-46-54-62-70-84(6)10-2)81-107-111(99,100)105-77-87(94)78-106-112(101,102)108-82-89(80-104-91(96)74-66-58-52-51-56-64-72-86(8)12-4)110-93(98)76-68-60-50-44-38-32-26-25-29-35-41-47-55-63-71-85(7)11-3/h83-89,94H,9-82H2,1-8H3,(H,99,100)(H,101,102)/t83?,84?,85?,86?,87-,88-,89-/m1/s1. The van der Waals surface area contributed by atoms with Crippen molar-refractivity contribution in [3.05, 3.63) is 0 Å². The summed E-state index contributed by atoms with van der Waals surface area (Å²) in [5, 5.41) is 10.7. The molecule has 0 aromatic heterocycles. The van der Waals surface area contributed by atoms with Crippen molar-refractivity contribution in [1.29, 1.82) is 0 Å². The predicted octanol–water partition coefficient (Wildman–Crippen LogP) is 28.7. The molecule has 0 aliphatic carbocycles. The van der Waals surface area contributed by atoms with Crippen molar-refractivity contribution in [1.82, 2.24) is 0 Å². The molecule has 0 saturated heterocycles. The van der Waals surface area contributed by atoms with E-state index in [9.17, 15) is 43.2 Å². The molecule has 0 aromatic rings. The van der Waals surface area contributed by atoms with Crippen LogP contribution in [-0.2, 0) is 65.4 Å². The lowest BCUT2D eigenvalue weighted by Crippen LogP contribution is -2.30. The molecule has 0 rings (SSSR count). The lowest BCUT2D eigenvalue weighted by Gasteiger charge is -2.21. The number of aliphatic hydroxyl groups is 1. The Morgan fingerprint density at radius 3 is 0.589 bits per heavy atom. The minimum absolute atomic E-state index is 0.107. The highest BCUT2D eigenvalue weighted by atomic mass is 31.2. The minimum Gasteiger partial charge on any atom is -0.462 e. The molecule has 0 heterocycles. The average molecular weight is 1630 g/mol. The van der Waals surface area contributed by atoms with Crippen LogP contribution in [-0.4, -0.2) is 96.7 Å². The second kappa shape index (κ2) is 81.4. The van der Waals surface area contributed by atoms with Crippen LogP contribution in [0.3, 0.4) is 0 Å². The smallest absolute Gasteiger partial charge is 0.462 e. The summed E-state index contributed by atoms with van der Waals surface area (Å²) in [6.45, 7) is 14.5. The highest BCUT2D eigenvalue weighted by molar-refractivity contribution is 7.47. The fourth-order valence-corrected chi connectivity index (χ4v) is 16.0. The van der Waals surface area contributed by atoms with Gasteiger partial charge in [-0.05, 0) is 49.4 Å². The van der Waals surface area contributed by atoms with Crippen molar-refractivity contribution >= 4 is 39.5 Å². The average Bonchev–Trinajstić information content (AvgIpc) is 0.899. The number of hydrogen-bond acceptors (Lipinski definition) is 15. The van der Waals surface area contributed by atoms with Gasteiger partial charge in [-0.15, -0.1) is 0 Å². The predicted molar refractivity (Wildman–Crippen MR) is 464 cm³/mol. The maximum absolute atomic E-state index is 13.2. The van der Waals surface area contributed by atoms with Gasteiger partial charge in [0, 0.05) is 25.7 Å². The molecule has 0 spiro atoms. The monoisotopic (exact) mass is 1630 g/mol. The molecule has 0 aliphatic rings. The van der Waals surface area contributed by atoms with E-state index < -0.39 is 97.5 Å². The van der Waals surface area contributed by atoms with Gasteiger partial charge in [-0.25, -0.2) is 9.13 Å². The number of esters is 4. The van der Waals surface area contributed by atoms with Gasteiger partial charge in [-0.2, -0.15) is 0 Å². The molecule has 17 nitrogen and oxygen atoms in total. The SMILES string of the molecule is CCC(C)CCCCCCCCCCCCCCCCCCCCC(=O)OC[C@H](COP(=O)(O)OC[C@@H](O)COP(=O)(O)OC[C@@H](COC(=O)CCCCCCCCC(C)CC)OC(=O)CCCCCCCCCCCCCCCCC(C)CC)OC(=O)CCCCCCCCCCCCCCCCCCCCC(C)CC. The molecule has 112 heavy (non-hydrogen) atoms. The fourth-order valence-electron chi connectivity index (χ4n) is 14.4. The van der Waals surface area contributed by atoms with Crippen LogP contribution >= 0.6 is 15.6 Å². The number of carbonyl (C=O) groups is 4. The van der Waals surface area contributed by atoms with Crippen molar-refractivity contribution in [2.24, 2.45) is 23.7 Å². The molecule has 0 amide bonds. The number of phosphoric acid groups is 2. The summed E-state index contributed by atoms with van der Waals surface area (Å²) in [6, 6.07) is 0. The Labute approximate surface area is 689 Å². The third-order valence-electron chi connectivity index (χ3n) is 23.3. The Morgan fingerprint density at radius 2 is 0.402 bits per heavy atom. The van der Waals surface area contributed by atoms with E-state index in [0.717, 1.165) is 120 Å². The molecule has 9 atom stereocenters. The number of ether oxygens (including phenoxy) is 4. The zero-order chi connectivity index (χ0) is 82.3. The Bertz CT molecular complexity index is 2170. The quantitative estimate of drug-likeness (QED) is 0.0222. The molecule has 0 fully saturated rings. The highest BCUT2D eigenvalue weighted by Gasteiger charge is 2.31. The molecular weight excluding hydrogens is 1450 g/mol. The van der Waals surface area contributed by atoms with Gasteiger partial charge >= 0.3 is 39.5 Å². The second-order valence-corrected chi connectivity index (χ2v) is 37.3. The Kier molecular flexibility index (Phi) is 80.0. The normalized spacial score (nSPS) is 14.8. The molecule has 666 valence electrons. The number of aliphatic hydroxyl groups excluding tert-OH is 1. The van der Waals surface area contributed by atoms with Crippen LogP contribution in [0, 0.1) is 23.7 Å². The minimum atomic E-state index is -4.97. The van der Waals surface area contributed by atoms with Crippen LogP contribution in [0.5, 0.6) is 0 Å². The molecule has 0 aromatic carbocycles. The Hall–Kier alpha value is -1.94. The summed E-state index contributed by atoms with van der Waals surface area (Å²) >= 11 is 0. The van der Waals surface area contributed by atoms with E-state index in [-0.39, 0.29) is 25.7 Å². The first-order valence-corrected chi connectivity index (χ1v) is 50.8. The molecular formula is C93H182O17P2. The van der Waals surface area contributed by atoms with Crippen molar-refractivity contribution in [3.8, 4) is 0 Å². The van der Waals surface area contributed by atoms with Gasteiger partial charge in [0.15, 0.2) is 12.2 Å². The first-order valence-electron chi connectivity index (χ1n) is 47.9.